The first-order chi connectivity index (χ1) is 13.9. The van der Waals surface area contributed by atoms with E-state index in [0.29, 0.717) is 17.7 Å². The summed E-state index contributed by atoms with van der Waals surface area (Å²) in [6.45, 7) is 0. The summed E-state index contributed by atoms with van der Waals surface area (Å²) < 4.78 is 79.1. The van der Waals surface area contributed by atoms with Crippen molar-refractivity contribution >= 4 is 17.7 Å². The van der Waals surface area contributed by atoms with E-state index in [-0.39, 0.29) is 11.6 Å². The van der Waals surface area contributed by atoms with Gasteiger partial charge in [0.05, 0.1) is 16.7 Å². The number of amides is 1. The number of primary amides is 1. The molecule has 1 aromatic carbocycles. The largest absolute Gasteiger partial charge is 0.416 e. The minimum Gasteiger partial charge on any atom is -0.366 e. The van der Waals surface area contributed by atoms with E-state index in [9.17, 15) is 31.1 Å². The maximum atomic E-state index is 13.0. The number of nitrogens with zero attached hydrogens (tertiary/aromatic N) is 4. The van der Waals surface area contributed by atoms with Gasteiger partial charge in [-0.3, -0.25) is 9.78 Å². The highest BCUT2D eigenvalue weighted by atomic mass is 19.4. The molecule has 2 aromatic heterocycles. The Labute approximate surface area is 164 Å². The predicted octanol–water partition coefficient (Wildman–Crippen LogP) is 3.86. The lowest BCUT2D eigenvalue weighted by Gasteiger charge is -2.13. The molecule has 0 aliphatic heterocycles. The molecule has 3 rings (SSSR count). The van der Waals surface area contributed by atoms with E-state index in [2.05, 4.69) is 15.1 Å². The third kappa shape index (κ3) is 4.64. The highest BCUT2D eigenvalue weighted by Crippen LogP contribution is 2.38. The molecular weight excluding hydrogens is 416 g/mol. The van der Waals surface area contributed by atoms with Gasteiger partial charge in [-0.2, -0.15) is 26.3 Å². The SMILES string of the molecule is NC(=O)C(=Cn1cnc(-c2cc(C(F)(F)F)cc(C(F)(F)F)c2)n1)c1cccnc1. The summed E-state index contributed by atoms with van der Waals surface area (Å²) in [4.78, 5) is 19.3. The van der Waals surface area contributed by atoms with Crippen molar-refractivity contribution in [1.29, 1.82) is 0 Å². The third-order valence-corrected chi connectivity index (χ3v) is 3.85. The molecule has 0 spiro atoms. The average Bonchev–Trinajstić information content (AvgIpc) is 3.13. The molecular formula is C18H11F6N5O. The predicted molar refractivity (Wildman–Crippen MR) is 93.1 cm³/mol. The van der Waals surface area contributed by atoms with Crippen LogP contribution < -0.4 is 5.73 Å². The second-order valence-electron chi connectivity index (χ2n) is 5.99. The fraction of sp³-hybridized carbons (Fsp3) is 0.111. The maximum absolute atomic E-state index is 13.0. The fourth-order valence-corrected chi connectivity index (χ4v) is 2.49. The summed E-state index contributed by atoms with van der Waals surface area (Å²) >= 11 is 0. The molecule has 156 valence electrons. The van der Waals surface area contributed by atoms with Crippen molar-refractivity contribution in [1.82, 2.24) is 19.7 Å². The van der Waals surface area contributed by atoms with Crippen molar-refractivity contribution in [2.45, 2.75) is 12.4 Å². The van der Waals surface area contributed by atoms with Gasteiger partial charge in [-0.05, 0) is 24.3 Å². The monoisotopic (exact) mass is 427 g/mol. The van der Waals surface area contributed by atoms with Crippen molar-refractivity contribution in [2.24, 2.45) is 5.73 Å². The van der Waals surface area contributed by atoms with Gasteiger partial charge in [0, 0.05) is 29.7 Å². The first kappa shape index (κ1) is 21.0. The topological polar surface area (TPSA) is 86.7 Å². The average molecular weight is 427 g/mol. The number of alkyl halides is 6. The van der Waals surface area contributed by atoms with Crippen LogP contribution in [-0.4, -0.2) is 25.7 Å². The number of halogens is 6. The Morgan fingerprint density at radius 2 is 1.67 bits per heavy atom. The number of benzene rings is 1. The quantitative estimate of drug-likeness (QED) is 0.506. The first-order valence-electron chi connectivity index (χ1n) is 8.08. The second-order valence-corrected chi connectivity index (χ2v) is 5.99. The van der Waals surface area contributed by atoms with Gasteiger partial charge >= 0.3 is 12.4 Å². The molecule has 0 atom stereocenters. The first-order valence-corrected chi connectivity index (χ1v) is 8.08. The number of carbonyl (C=O) groups is 1. The molecule has 2 N–H and O–H groups in total. The summed E-state index contributed by atoms with van der Waals surface area (Å²) in [5.74, 6) is -1.25. The number of rotatable bonds is 4. The lowest BCUT2D eigenvalue weighted by atomic mass is 10.0. The molecule has 0 radical (unpaired) electrons. The number of hydrogen-bond donors (Lipinski definition) is 1. The molecule has 12 heteroatoms. The van der Waals surface area contributed by atoms with Crippen molar-refractivity contribution in [3.8, 4) is 11.4 Å². The highest BCUT2D eigenvalue weighted by Gasteiger charge is 2.37. The molecule has 0 bridgehead atoms. The van der Waals surface area contributed by atoms with Crippen LogP contribution in [0.1, 0.15) is 16.7 Å². The molecule has 0 fully saturated rings. The van der Waals surface area contributed by atoms with Gasteiger partial charge in [0.1, 0.15) is 6.33 Å². The zero-order valence-electron chi connectivity index (χ0n) is 14.7. The van der Waals surface area contributed by atoms with Crippen molar-refractivity contribution in [3.05, 3.63) is 65.7 Å². The number of hydrogen-bond acceptors (Lipinski definition) is 4. The Morgan fingerprint density at radius 3 is 2.17 bits per heavy atom. The van der Waals surface area contributed by atoms with E-state index in [0.717, 1.165) is 17.2 Å². The minimum absolute atomic E-state index is 0.00793. The van der Waals surface area contributed by atoms with Crippen LogP contribution in [0.15, 0.2) is 49.1 Å². The van der Waals surface area contributed by atoms with Gasteiger partial charge in [0.15, 0.2) is 5.82 Å². The van der Waals surface area contributed by atoms with E-state index >= 15 is 0 Å². The number of pyridine rings is 1. The highest BCUT2D eigenvalue weighted by molar-refractivity contribution is 6.22. The van der Waals surface area contributed by atoms with Gasteiger partial charge < -0.3 is 5.73 Å². The molecule has 0 unspecified atom stereocenters. The van der Waals surface area contributed by atoms with Crippen LogP contribution in [-0.2, 0) is 17.1 Å². The fourth-order valence-electron chi connectivity index (χ4n) is 2.49. The number of nitrogens with two attached hydrogens (primary N) is 1. The van der Waals surface area contributed by atoms with Gasteiger partial charge in [-0.25, -0.2) is 9.67 Å². The van der Waals surface area contributed by atoms with E-state index in [1.165, 1.54) is 18.5 Å². The van der Waals surface area contributed by atoms with E-state index in [1.807, 2.05) is 0 Å². The molecule has 1 amide bonds. The lowest BCUT2D eigenvalue weighted by Crippen LogP contribution is -2.14. The molecule has 0 saturated carbocycles. The standard InChI is InChI=1S/C18H11F6N5O/c19-17(20,21)12-4-11(5-13(6-12)18(22,23)24)16-27-9-29(28-16)8-14(15(25)30)10-2-1-3-26-7-10/h1-9H,(H2,25,30). The molecule has 3 aromatic rings. The Hall–Kier alpha value is -3.70. The molecule has 0 aliphatic carbocycles. The molecule has 2 heterocycles. The summed E-state index contributed by atoms with van der Waals surface area (Å²) in [5, 5.41) is 3.84. The third-order valence-electron chi connectivity index (χ3n) is 3.85. The van der Waals surface area contributed by atoms with E-state index in [1.54, 1.807) is 6.07 Å². The Bertz CT molecular complexity index is 1070. The van der Waals surface area contributed by atoms with Crippen LogP contribution in [0.2, 0.25) is 0 Å². The lowest BCUT2D eigenvalue weighted by molar-refractivity contribution is -0.143. The summed E-state index contributed by atoms with van der Waals surface area (Å²) in [6, 6.07) is 4.10. The Kier molecular flexibility index (Phi) is 5.33. The second kappa shape index (κ2) is 7.61. The van der Waals surface area contributed by atoms with Crippen LogP contribution in [0.3, 0.4) is 0 Å². The van der Waals surface area contributed by atoms with E-state index < -0.39 is 40.8 Å². The number of carbonyl (C=O) groups excluding carboxylic acids is 1. The van der Waals surface area contributed by atoms with Crippen LogP contribution >= 0.6 is 0 Å². The van der Waals surface area contributed by atoms with Crippen molar-refractivity contribution in [3.63, 3.8) is 0 Å². The Morgan fingerprint density at radius 1 is 1.03 bits per heavy atom. The Balaban J connectivity index is 2.06. The van der Waals surface area contributed by atoms with Crippen LogP contribution in [0, 0.1) is 0 Å². The molecule has 0 aliphatic rings. The summed E-state index contributed by atoms with van der Waals surface area (Å²) in [6.07, 6.45) is -5.05. The molecule has 6 nitrogen and oxygen atoms in total. The maximum Gasteiger partial charge on any atom is 0.416 e. The normalized spacial score (nSPS) is 12.8. The van der Waals surface area contributed by atoms with Crippen molar-refractivity contribution in [2.75, 3.05) is 0 Å². The van der Waals surface area contributed by atoms with E-state index in [4.69, 9.17) is 5.73 Å². The van der Waals surface area contributed by atoms with Crippen LogP contribution in [0.4, 0.5) is 26.3 Å². The molecule has 30 heavy (non-hydrogen) atoms. The molecule has 0 saturated heterocycles. The minimum atomic E-state index is -5.00. The van der Waals surface area contributed by atoms with Gasteiger partial charge in [0.25, 0.3) is 5.91 Å². The summed E-state index contributed by atoms with van der Waals surface area (Å²) in [7, 11) is 0. The van der Waals surface area contributed by atoms with Gasteiger partial charge in [-0.15, -0.1) is 5.10 Å². The number of aromatic nitrogens is 4. The van der Waals surface area contributed by atoms with Gasteiger partial charge in [0.2, 0.25) is 0 Å². The van der Waals surface area contributed by atoms with Gasteiger partial charge in [-0.1, -0.05) is 6.07 Å². The van der Waals surface area contributed by atoms with Crippen molar-refractivity contribution < 1.29 is 31.1 Å². The van der Waals surface area contributed by atoms with Crippen LogP contribution in [0.5, 0.6) is 0 Å². The zero-order valence-corrected chi connectivity index (χ0v) is 14.7. The summed E-state index contributed by atoms with van der Waals surface area (Å²) in [5.41, 5.74) is 2.13. The smallest absolute Gasteiger partial charge is 0.366 e. The zero-order chi connectivity index (χ0) is 22.1. The van der Waals surface area contributed by atoms with Crippen LogP contribution in [0.25, 0.3) is 23.2 Å².